The lowest BCUT2D eigenvalue weighted by Gasteiger charge is -2.14. The quantitative estimate of drug-likeness (QED) is 0.347. The van der Waals surface area contributed by atoms with Crippen LogP contribution in [0.2, 0.25) is 0 Å². The molecule has 0 aromatic heterocycles. The van der Waals surface area contributed by atoms with E-state index in [2.05, 4.69) is 5.32 Å². The molecule has 2 aromatic rings. The molecule has 24 heavy (non-hydrogen) atoms. The lowest BCUT2D eigenvalue weighted by atomic mass is 10.1. The van der Waals surface area contributed by atoms with E-state index in [-0.39, 0.29) is 11.3 Å². The van der Waals surface area contributed by atoms with Crippen LogP contribution in [0.4, 0.5) is 23.2 Å². The van der Waals surface area contributed by atoms with Gasteiger partial charge in [0.2, 0.25) is 0 Å². The lowest BCUT2D eigenvalue weighted by Crippen LogP contribution is -2.32. The van der Waals surface area contributed by atoms with Crippen molar-refractivity contribution in [2.24, 2.45) is 5.84 Å². The molecule has 0 saturated heterocycles. The van der Waals surface area contributed by atoms with E-state index in [0.717, 1.165) is 18.2 Å². The normalized spacial score (nSPS) is 11.0. The van der Waals surface area contributed by atoms with Gasteiger partial charge >= 0.3 is 6.18 Å². The van der Waals surface area contributed by atoms with Crippen LogP contribution in [0.3, 0.4) is 0 Å². The van der Waals surface area contributed by atoms with Gasteiger partial charge in [-0.15, -0.1) is 0 Å². The molecule has 0 radical (unpaired) electrons. The van der Waals surface area contributed by atoms with E-state index in [1.165, 1.54) is 18.2 Å². The van der Waals surface area contributed by atoms with Crippen molar-refractivity contribution in [3.05, 3.63) is 65.0 Å². The number of hydrogen-bond acceptors (Lipinski definition) is 3. The summed E-state index contributed by atoms with van der Waals surface area (Å²) in [5.74, 6) is 1.99. The molecule has 2 aromatic carbocycles. The third kappa shape index (κ3) is 3.69. The Morgan fingerprint density at radius 1 is 0.958 bits per heavy atom. The highest BCUT2D eigenvalue weighted by Gasteiger charge is 2.35. The van der Waals surface area contributed by atoms with Crippen molar-refractivity contribution in [3.8, 4) is 0 Å². The molecule has 5 nitrogen and oxygen atoms in total. The minimum absolute atomic E-state index is 0.246. The molecule has 0 saturated carbocycles. The first kappa shape index (κ1) is 17.4. The van der Waals surface area contributed by atoms with Crippen LogP contribution < -0.4 is 16.6 Å². The second-order valence-corrected chi connectivity index (χ2v) is 4.67. The number of carbonyl (C=O) groups is 2. The number of nitrogens with two attached hydrogens (primary N) is 1. The molecule has 0 aliphatic rings. The van der Waals surface area contributed by atoms with Crippen LogP contribution in [-0.2, 0) is 6.18 Å². The van der Waals surface area contributed by atoms with E-state index in [0.29, 0.717) is 6.07 Å². The lowest BCUT2D eigenvalue weighted by molar-refractivity contribution is -0.137. The number of alkyl halides is 3. The van der Waals surface area contributed by atoms with Gasteiger partial charge in [-0.2, -0.15) is 13.2 Å². The number of amides is 2. The number of benzene rings is 2. The van der Waals surface area contributed by atoms with Gasteiger partial charge in [-0.1, -0.05) is 12.1 Å². The molecule has 2 amide bonds. The van der Waals surface area contributed by atoms with Gasteiger partial charge in [-0.3, -0.25) is 15.0 Å². The van der Waals surface area contributed by atoms with Gasteiger partial charge < -0.3 is 5.32 Å². The van der Waals surface area contributed by atoms with E-state index in [1.54, 1.807) is 5.43 Å². The highest BCUT2D eigenvalue weighted by atomic mass is 19.4. The molecule has 2 rings (SSSR count). The van der Waals surface area contributed by atoms with Crippen LogP contribution in [0, 0.1) is 5.82 Å². The van der Waals surface area contributed by atoms with Crippen molar-refractivity contribution in [2.75, 3.05) is 5.32 Å². The summed E-state index contributed by atoms with van der Waals surface area (Å²) < 4.78 is 52.7. The molecule has 0 unspecified atom stereocenters. The molecule has 0 spiro atoms. The number of hydrogen-bond donors (Lipinski definition) is 3. The monoisotopic (exact) mass is 341 g/mol. The predicted molar refractivity (Wildman–Crippen MR) is 77.5 cm³/mol. The van der Waals surface area contributed by atoms with Crippen LogP contribution in [-0.4, -0.2) is 11.8 Å². The molecular weight excluding hydrogens is 330 g/mol. The Balaban J connectivity index is 2.37. The van der Waals surface area contributed by atoms with E-state index in [1.807, 2.05) is 0 Å². The van der Waals surface area contributed by atoms with Gasteiger partial charge in [-0.25, -0.2) is 10.2 Å². The van der Waals surface area contributed by atoms with Crippen LogP contribution in [0.1, 0.15) is 26.3 Å². The number of halogens is 4. The second kappa shape index (κ2) is 6.67. The maximum absolute atomic E-state index is 13.5. The van der Waals surface area contributed by atoms with Gasteiger partial charge in [0.15, 0.2) is 0 Å². The molecular formula is C15H11F4N3O2. The third-order valence-corrected chi connectivity index (χ3v) is 3.08. The fourth-order valence-electron chi connectivity index (χ4n) is 1.98. The Labute approximate surface area is 133 Å². The first-order chi connectivity index (χ1) is 11.2. The zero-order chi connectivity index (χ0) is 17.9. The molecule has 0 heterocycles. The number of carbonyl (C=O) groups excluding carboxylic acids is 2. The summed E-state index contributed by atoms with van der Waals surface area (Å²) in [7, 11) is 0. The highest BCUT2D eigenvalue weighted by Crippen LogP contribution is 2.34. The van der Waals surface area contributed by atoms with Gasteiger partial charge in [0.1, 0.15) is 5.82 Å². The fraction of sp³-hybridized carbons (Fsp3) is 0.0667. The second-order valence-electron chi connectivity index (χ2n) is 4.67. The molecule has 0 aliphatic carbocycles. The van der Waals surface area contributed by atoms with Crippen molar-refractivity contribution in [1.29, 1.82) is 0 Å². The Morgan fingerprint density at radius 2 is 1.62 bits per heavy atom. The zero-order valence-corrected chi connectivity index (χ0v) is 11.9. The summed E-state index contributed by atoms with van der Waals surface area (Å²) in [6.07, 6.45) is -4.85. The van der Waals surface area contributed by atoms with Gasteiger partial charge in [0.25, 0.3) is 11.8 Å². The maximum Gasteiger partial charge on any atom is 0.417 e. The fourth-order valence-corrected chi connectivity index (χ4v) is 1.98. The topological polar surface area (TPSA) is 84.2 Å². The minimum Gasteiger partial charge on any atom is -0.322 e. The zero-order valence-electron chi connectivity index (χ0n) is 11.9. The smallest absolute Gasteiger partial charge is 0.322 e. The van der Waals surface area contributed by atoms with E-state index < -0.39 is 34.9 Å². The predicted octanol–water partition coefficient (Wildman–Crippen LogP) is 2.70. The third-order valence-electron chi connectivity index (χ3n) is 3.08. The van der Waals surface area contributed by atoms with E-state index in [4.69, 9.17) is 5.84 Å². The number of hydrazine groups is 1. The van der Waals surface area contributed by atoms with Crippen molar-refractivity contribution < 1.29 is 27.2 Å². The Bertz CT molecular complexity index is 791. The standard InChI is InChI=1S/C15H11F4N3O2/c16-12-4-2-1-3-10(12)13(23)21-8-5-6-9(14(24)22-20)11(7-8)15(17,18)19/h1-7H,20H2,(H,21,23)(H,22,24). The molecule has 0 aliphatic heterocycles. The van der Waals surface area contributed by atoms with E-state index in [9.17, 15) is 27.2 Å². The van der Waals surface area contributed by atoms with Crippen molar-refractivity contribution >= 4 is 17.5 Å². The molecule has 9 heteroatoms. The van der Waals surface area contributed by atoms with Crippen molar-refractivity contribution in [3.63, 3.8) is 0 Å². The molecule has 0 fully saturated rings. The van der Waals surface area contributed by atoms with Crippen LogP contribution in [0.5, 0.6) is 0 Å². The SMILES string of the molecule is NNC(=O)c1ccc(NC(=O)c2ccccc2F)cc1C(F)(F)F. The molecule has 4 N–H and O–H groups in total. The maximum atomic E-state index is 13.5. The van der Waals surface area contributed by atoms with Crippen molar-refractivity contribution in [2.45, 2.75) is 6.18 Å². The summed E-state index contributed by atoms with van der Waals surface area (Å²) in [5, 5.41) is 2.15. The molecule has 126 valence electrons. The molecule has 0 bridgehead atoms. The van der Waals surface area contributed by atoms with Crippen LogP contribution in [0.25, 0.3) is 0 Å². The molecule has 0 atom stereocenters. The van der Waals surface area contributed by atoms with Gasteiger partial charge in [0, 0.05) is 5.69 Å². The largest absolute Gasteiger partial charge is 0.417 e. The van der Waals surface area contributed by atoms with Gasteiger partial charge in [-0.05, 0) is 30.3 Å². The van der Waals surface area contributed by atoms with Crippen LogP contribution >= 0.6 is 0 Å². The number of nitrogen functional groups attached to an aromatic ring is 1. The number of nitrogens with one attached hydrogen (secondary N) is 2. The first-order valence-electron chi connectivity index (χ1n) is 6.52. The Hall–Kier alpha value is -2.94. The average molecular weight is 341 g/mol. The minimum atomic E-state index is -4.85. The number of rotatable bonds is 3. The first-order valence-corrected chi connectivity index (χ1v) is 6.52. The summed E-state index contributed by atoms with van der Waals surface area (Å²) in [6, 6.07) is 7.53. The Morgan fingerprint density at radius 3 is 2.21 bits per heavy atom. The summed E-state index contributed by atoms with van der Waals surface area (Å²) >= 11 is 0. The Kier molecular flexibility index (Phi) is 4.84. The van der Waals surface area contributed by atoms with Crippen molar-refractivity contribution in [1.82, 2.24) is 5.43 Å². The van der Waals surface area contributed by atoms with Crippen LogP contribution in [0.15, 0.2) is 42.5 Å². The van der Waals surface area contributed by atoms with E-state index >= 15 is 0 Å². The summed E-state index contributed by atoms with van der Waals surface area (Å²) in [5.41, 5.74) is -0.940. The van der Waals surface area contributed by atoms with Gasteiger partial charge in [0.05, 0.1) is 16.7 Å². The summed E-state index contributed by atoms with van der Waals surface area (Å²) in [6.45, 7) is 0. The summed E-state index contributed by atoms with van der Waals surface area (Å²) in [4.78, 5) is 23.3. The number of anilines is 1. The highest BCUT2D eigenvalue weighted by molar-refractivity contribution is 6.05. The average Bonchev–Trinajstić information content (AvgIpc) is 2.53.